The molecule has 0 saturated carbocycles. The van der Waals surface area contributed by atoms with Gasteiger partial charge in [0.2, 0.25) is 5.91 Å². The van der Waals surface area contributed by atoms with Gasteiger partial charge in [0.1, 0.15) is 0 Å². The molecule has 1 amide bonds. The number of halogens is 2. The minimum atomic E-state index is -0.221. The van der Waals surface area contributed by atoms with Crippen LogP contribution in [0.25, 0.3) is 0 Å². The molecule has 1 rings (SSSR count). The van der Waals surface area contributed by atoms with Crippen molar-refractivity contribution in [2.45, 2.75) is 25.8 Å². The molecule has 0 fully saturated rings. The van der Waals surface area contributed by atoms with Crippen molar-refractivity contribution in [1.29, 1.82) is 0 Å². The molecule has 1 aromatic rings. The smallest absolute Gasteiger partial charge is 0.217 e. The summed E-state index contributed by atoms with van der Waals surface area (Å²) in [5.74, 6) is -0.221. The van der Waals surface area contributed by atoms with Crippen molar-refractivity contribution in [2.24, 2.45) is 5.73 Å². The lowest BCUT2D eigenvalue weighted by Gasteiger charge is -2.05. The van der Waals surface area contributed by atoms with E-state index in [4.69, 9.17) is 5.73 Å². The van der Waals surface area contributed by atoms with E-state index in [0.717, 1.165) is 34.9 Å². The van der Waals surface area contributed by atoms with E-state index in [1.165, 1.54) is 5.56 Å². The number of primary amides is 1. The average Bonchev–Trinajstić information content (AvgIpc) is 2.27. The van der Waals surface area contributed by atoms with Gasteiger partial charge in [-0.2, -0.15) is 0 Å². The molecule has 5 heteroatoms. The molecule has 0 radical (unpaired) electrons. The van der Waals surface area contributed by atoms with E-state index in [0.29, 0.717) is 6.42 Å². The van der Waals surface area contributed by atoms with Crippen molar-refractivity contribution < 1.29 is 4.79 Å². The molecule has 0 unspecified atom stereocenters. The van der Waals surface area contributed by atoms with Crippen molar-refractivity contribution in [3.63, 3.8) is 0 Å². The van der Waals surface area contributed by atoms with E-state index in [9.17, 15) is 4.79 Å². The summed E-state index contributed by atoms with van der Waals surface area (Å²) in [7, 11) is 0. The van der Waals surface area contributed by atoms with Crippen LogP contribution in [0.2, 0.25) is 0 Å². The SMILES string of the molecule is NC(=O)CCCCNCc1ccc(Br)c(Br)c1. The van der Waals surface area contributed by atoms with E-state index in [1.807, 2.05) is 6.07 Å². The fraction of sp³-hybridized carbons (Fsp3) is 0.417. The fourth-order valence-electron chi connectivity index (χ4n) is 1.43. The van der Waals surface area contributed by atoms with Crippen LogP contribution in [0.3, 0.4) is 0 Å². The summed E-state index contributed by atoms with van der Waals surface area (Å²) in [6, 6.07) is 6.18. The topological polar surface area (TPSA) is 55.1 Å². The number of nitrogens with two attached hydrogens (primary N) is 1. The summed E-state index contributed by atoms with van der Waals surface area (Å²) in [5, 5.41) is 3.33. The number of carbonyl (C=O) groups is 1. The van der Waals surface area contributed by atoms with E-state index >= 15 is 0 Å². The van der Waals surface area contributed by atoms with Crippen LogP contribution >= 0.6 is 31.9 Å². The van der Waals surface area contributed by atoms with Gasteiger partial charge in [-0.25, -0.2) is 0 Å². The van der Waals surface area contributed by atoms with Crippen LogP contribution in [-0.4, -0.2) is 12.5 Å². The lowest BCUT2D eigenvalue weighted by molar-refractivity contribution is -0.118. The molecule has 3 nitrogen and oxygen atoms in total. The molecule has 0 bridgehead atoms. The Morgan fingerprint density at radius 3 is 2.65 bits per heavy atom. The highest BCUT2D eigenvalue weighted by molar-refractivity contribution is 9.13. The molecule has 0 spiro atoms. The maximum absolute atomic E-state index is 10.5. The number of benzene rings is 1. The summed E-state index contributed by atoms with van der Waals surface area (Å²) < 4.78 is 2.12. The van der Waals surface area contributed by atoms with Crippen LogP contribution in [-0.2, 0) is 11.3 Å². The van der Waals surface area contributed by atoms with Gasteiger partial charge in [-0.1, -0.05) is 6.07 Å². The molecule has 0 aliphatic carbocycles. The molecule has 17 heavy (non-hydrogen) atoms. The molecule has 0 aliphatic heterocycles. The van der Waals surface area contributed by atoms with E-state index in [1.54, 1.807) is 0 Å². The molecular formula is C12H16Br2N2O. The fourth-order valence-corrected chi connectivity index (χ4v) is 2.10. The van der Waals surface area contributed by atoms with Crippen molar-refractivity contribution in [3.05, 3.63) is 32.7 Å². The van der Waals surface area contributed by atoms with Gasteiger partial charge in [-0.05, 0) is 68.9 Å². The second-order valence-corrected chi connectivity index (χ2v) is 5.56. The Labute approximate surface area is 118 Å². The molecule has 94 valence electrons. The van der Waals surface area contributed by atoms with E-state index < -0.39 is 0 Å². The molecular weight excluding hydrogens is 348 g/mol. The van der Waals surface area contributed by atoms with Crippen molar-refractivity contribution >= 4 is 37.8 Å². The quantitative estimate of drug-likeness (QED) is 0.731. The van der Waals surface area contributed by atoms with Crippen molar-refractivity contribution in [1.82, 2.24) is 5.32 Å². The first-order valence-corrected chi connectivity index (χ1v) is 7.11. The summed E-state index contributed by atoms with van der Waals surface area (Å²) in [6.07, 6.45) is 2.30. The number of hydrogen-bond donors (Lipinski definition) is 2. The third-order valence-electron chi connectivity index (χ3n) is 2.34. The third-order valence-corrected chi connectivity index (χ3v) is 4.22. The number of nitrogens with one attached hydrogen (secondary N) is 1. The monoisotopic (exact) mass is 362 g/mol. The van der Waals surface area contributed by atoms with Crippen LogP contribution in [0.1, 0.15) is 24.8 Å². The van der Waals surface area contributed by atoms with Crippen LogP contribution in [0.4, 0.5) is 0 Å². The summed E-state index contributed by atoms with van der Waals surface area (Å²) in [6.45, 7) is 1.74. The Balaban J connectivity index is 2.18. The maximum atomic E-state index is 10.5. The van der Waals surface area contributed by atoms with Gasteiger partial charge in [0.05, 0.1) is 0 Å². The first-order valence-electron chi connectivity index (χ1n) is 5.52. The van der Waals surface area contributed by atoms with E-state index in [-0.39, 0.29) is 5.91 Å². The van der Waals surface area contributed by atoms with Crippen LogP contribution in [0.15, 0.2) is 27.1 Å². The van der Waals surface area contributed by atoms with E-state index in [2.05, 4.69) is 49.3 Å². The third kappa shape index (κ3) is 6.19. The largest absolute Gasteiger partial charge is 0.370 e. The lowest BCUT2D eigenvalue weighted by Crippen LogP contribution is -2.16. The summed E-state index contributed by atoms with van der Waals surface area (Å²) in [4.78, 5) is 10.5. The Bertz CT molecular complexity index is 383. The first-order chi connectivity index (χ1) is 8.09. The summed E-state index contributed by atoms with van der Waals surface area (Å²) >= 11 is 6.90. The van der Waals surface area contributed by atoms with Crippen LogP contribution in [0, 0.1) is 0 Å². The molecule has 0 atom stereocenters. The Kier molecular flexibility index (Phi) is 6.77. The predicted octanol–water partition coefficient (Wildman–Crippen LogP) is 2.96. The normalized spacial score (nSPS) is 10.5. The highest BCUT2D eigenvalue weighted by atomic mass is 79.9. The Hall–Kier alpha value is -0.390. The van der Waals surface area contributed by atoms with Gasteiger partial charge >= 0.3 is 0 Å². The molecule has 1 aromatic carbocycles. The second-order valence-electron chi connectivity index (χ2n) is 3.85. The molecule has 0 saturated heterocycles. The molecule has 0 aromatic heterocycles. The maximum Gasteiger partial charge on any atom is 0.217 e. The minimum absolute atomic E-state index is 0.221. The Morgan fingerprint density at radius 2 is 2.00 bits per heavy atom. The predicted molar refractivity (Wildman–Crippen MR) is 76.6 cm³/mol. The highest BCUT2D eigenvalue weighted by Crippen LogP contribution is 2.23. The van der Waals surface area contributed by atoms with Gasteiger partial charge in [0.25, 0.3) is 0 Å². The average molecular weight is 364 g/mol. The lowest BCUT2D eigenvalue weighted by atomic mass is 10.2. The number of carbonyl (C=O) groups excluding carboxylic acids is 1. The van der Waals surface area contributed by atoms with Crippen molar-refractivity contribution in [3.8, 4) is 0 Å². The first kappa shape index (κ1) is 14.7. The minimum Gasteiger partial charge on any atom is -0.370 e. The molecule has 0 heterocycles. The van der Waals surface area contributed by atoms with Gasteiger partial charge < -0.3 is 11.1 Å². The highest BCUT2D eigenvalue weighted by Gasteiger charge is 1.99. The van der Waals surface area contributed by atoms with Crippen LogP contribution in [0.5, 0.6) is 0 Å². The summed E-state index contributed by atoms with van der Waals surface area (Å²) in [5.41, 5.74) is 6.29. The second kappa shape index (κ2) is 7.84. The number of rotatable bonds is 7. The number of amides is 1. The van der Waals surface area contributed by atoms with Crippen LogP contribution < -0.4 is 11.1 Å². The number of unbranched alkanes of at least 4 members (excludes halogenated alkanes) is 1. The van der Waals surface area contributed by atoms with Gasteiger partial charge in [0.15, 0.2) is 0 Å². The molecule has 3 N–H and O–H groups in total. The van der Waals surface area contributed by atoms with Crippen molar-refractivity contribution in [2.75, 3.05) is 6.54 Å². The van der Waals surface area contributed by atoms with Gasteiger partial charge in [-0.3, -0.25) is 4.79 Å². The Morgan fingerprint density at radius 1 is 1.24 bits per heavy atom. The van der Waals surface area contributed by atoms with Gasteiger partial charge in [-0.15, -0.1) is 0 Å². The zero-order chi connectivity index (χ0) is 12.7. The zero-order valence-corrected chi connectivity index (χ0v) is 12.7. The number of hydrogen-bond acceptors (Lipinski definition) is 2. The molecule has 0 aliphatic rings. The van der Waals surface area contributed by atoms with Gasteiger partial charge in [0, 0.05) is 21.9 Å². The standard InChI is InChI=1S/C12H16Br2N2O/c13-10-5-4-9(7-11(10)14)8-16-6-2-1-3-12(15)17/h4-5,7,16H,1-3,6,8H2,(H2,15,17). The zero-order valence-electron chi connectivity index (χ0n) is 9.51.